The first-order valence-corrected chi connectivity index (χ1v) is 8.83. The number of alkyl halides is 3. The van der Waals surface area contributed by atoms with E-state index in [1.165, 1.54) is 24.4 Å². The van der Waals surface area contributed by atoms with Gasteiger partial charge in [-0.25, -0.2) is 9.97 Å². The van der Waals surface area contributed by atoms with Crippen molar-refractivity contribution < 1.29 is 23.1 Å². The summed E-state index contributed by atoms with van der Waals surface area (Å²) in [5.74, 6) is 0.217. The van der Waals surface area contributed by atoms with Gasteiger partial charge in [-0.2, -0.15) is 13.2 Å². The minimum Gasteiger partial charge on any atom is -0.382 e. The Morgan fingerprint density at radius 1 is 1.34 bits per heavy atom. The molecule has 6 N–H and O–H groups in total. The lowest BCUT2D eigenvalue weighted by Crippen LogP contribution is -2.49. The molecule has 1 aromatic carbocycles. The number of nitrogens with two attached hydrogens (primary N) is 1. The first-order chi connectivity index (χ1) is 13.7. The molecule has 1 aliphatic rings. The molecular weight excluding hydrogens is 389 g/mol. The maximum atomic E-state index is 13.6. The number of aromatic nitrogens is 2. The summed E-state index contributed by atoms with van der Waals surface area (Å²) in [7, 11) is 0. The van der Waals surface area contributed by atoms with Gasteiger partial charge >= 0.3 is 6.18 Å². The van der Waals surface area contributed by atoms with Crippen molar-refractivity contribution in [2.45, 2.75) is 24.6 Å². The van der Waals surface area contributed by atoms with Gasteiger partial charge in [-0.1, -0.05) is 12.1 Å². The molecule has 1 unspecified atom stereocenters. The lowest BCUT2D eigenvalue weighted by molar-refractivity contribution is -0.263. The Labute approximate surface area is 164 Å². The summed E-state index contributed by atoms with van der Waals surface area (Å²) in [5, 5.41) is 12.3. The largest absolute Gasteiger partial charge is 0.423 e. The van der Waals surface area contributed by atoms with E-state index < -0.39 is 23.9 Å². The normalized spacial score (nSPS) is 17.1. The second-order valence-corrected chi connectivity index (χ2v) is 6.87. The van der Waals surface area contributed by atoms with Crippen molar-refractivity contribution in [3.8, 4) is 11.3 Å². The molecule has 1 atom stereocenters. The summed E-state index contributed by atoms with van der Waals surface area (Å²) in [6.45, 7) is 1.88. The number of nitrogens with one attached hydrogen (secondary N) is 3. The smallest absolute Gasteiger partial charge is 0.382 e. The van der Waals surface area contributed by atoms with Gasteiger partial charge < -0.3 is 16.2 Å². The zero-order chi connectivity index (χ0) is 21.2. The summed E-state index contributed by atoms with van der Waals surface area (Å²) in [5.41, 5.74) is 10.1. The van der Waals surface area contributed by atoms with Crippen LogP contribution in [-0.2, 0) is 10.4 Å². The SMILES string of the molecule is Cc1ccc(C(O)(CNC=O)C(F)(F)F)cc1-c1cnc(N)c(C2CNNC2)n1. The summed E-state index contributed by atoms with van der Waals surface area (Å²) in [6.07, 6.45) is -3.51. The third-order valence-corrected chi connectivity index (χ3v) is 4.94. The highest BCUT2D eigenvalue weighted by Crippen LogP contribution is 2.40. The van der Waals surface area contributed by atoms with Crippen molar-refractivity contribution in [2.24, 2.45) is 0 Å². The van der Waals surface area contributed by atoms with E-state index in [1.807, 2.05) is 5.32 Å². The molecule has 1 aromatic heterocycles. The number of hydrogen-bond acceptors (Lipinski definition) is 7. The monoisotopic (exact) mass is 410 g/mol. The molecule has 1 amide bonds. The fraction of sp³-hybridized carbons (Fsp3) is 0.389. The van der Waals surface area contributed by atoms with Crippen LogP contribution in [0.5, 0.6) is 0 Å². The van der Waals surface area contributed by atoms with Crippen LogP contribution in [0, 0.1) is 6.92 Å². The lowest BCUT2D eigenvalue weighted by atomic mass is 9.89. The van der Waals surface area contributed by atoms with Crippen molar-refractivity contribution in [1.29, 1.82) is 0 Å². The molecule has 2 heterocycles. The van der Waals surface area contributed by atoms with Gasteiger partial charge in [0.1, 0.15) is 5.82 Å². The molecular formula is C18H21F3N6O2. The Hall–Kier alpha value is -2.76. The highest BCUT2D eigenvalue weighted by atomic mass is 19.4. The number of carbonyl (C=O) groups excluding carboxylic acids is 1. The number of nitrogens with zero attached hydrogens (tertiary/aromatic N) is 2. The predicted molar refractivity (Wildman–Crippen MR) is 99.4 cm³/mol. The Morgan fingerprint density at radius 3 is 2.66 bits per heavy atom. The van der Waals surface area contributed by atoms with Crippen molar-refractivity contribution in [2.75, 3.05) is 25.4 Å². The van der Waals surface area contributed by atoms with Crippen LogP contribution in [0.1, 0.15) is 22.7 Å². The van der Waals surface area contributed by atoms with Crippen molar-refractivity contribution >= 4 is 12.2 Å². The van der Waals surface area contributed by atoms with E-state index >= 15 is 0 Å². The summed E-state index contributed by atoms with van der Waals surface area (Å²) < 4.78 is 40.8. The third kappa shape index (κ3) is 4.02. The number of nitrogen functional groups attached to an aromatic ring is 1. The second-order valence-electron chi connectivity index (χ2n) is 6.87. The van der Waals surface area contributed by atoms with Crippen LogP contribution >= 0.6 is 0 Å². The maximum Gasteiger partial charge on any atom is 0.423 e. The molecule has 0 saturated carbocycles. The molecule has 0 aliphatic carbocycles. The van der Waals surface area contributed by atoms with Crippen LogP contribution in [0.4, 0.5) is 19.0 Å². The van der Waals surface area contributed by atoms with Crippen molar-refractivity contribution in [3.63, 3.8) is 0 Å². The summed E-state index contributed by atoms with van der Waals surface area (Å²) >= 11 is 0. The first-order valence-electron chi connectivity index (χ1n) is 8.83. The quantitative estimate of drug-likeness (QED) is 0.445. The van der Waals surface area contributed by atoms with Gasteiger partial charge in [0, 0.05) is 24.6 Å². The number of hydrogen-bond donors (Lipinski definition) is 5. The molecule has 156 valence electrons. The molecule has 0 spiro atoms. The summed E-state index contributed by atoms with van der Waals surface area (Å²) in [6, 6.07) is 3.85. The standard InChI is InChI=1S/C18H21F3N6O2/c1-10-2-3-12(17(29,8-23-9-28)18(19,20)21)4-13(10)14-7-24-16(22)15(27-14)11-5-25-26-6-11/h2-4,7,9,11,25-26,29H,5-6,8H2,1H3,(H2,22,24)(H,23,28). The van der Waals surface area contributed by atoms with Crippen LogP contribution in [-0.4, -0.2) is 47.3 Å². The Bertz CT molecular complexity index is 902. The van der Waals surface area contributed by atoms with Crippen LogP contribution in [0.15, 0.2) is 24.4 Å². The number of carbonyl (C=O) groups is 1. The Kier molecular flexibility index (Phi) is 5.73. The summed E-state index contributed by atoms with van der Waals surface area (Å²) in [4.78, 5) is 19.2. The topological polar surface area (TPSA) is 125 Å². The highest BCUT2D eigenvalue weighted by Gasteiger charge is 2.55. The van der Waals surface area contributed by atoms with Gasteiger partial charge in [0.15, 0.2) is 0 Å². The van der Waals surface area contributed by atoms with E-state index in [0.717, 1.165) is 0 Å². The fourth-order valence-electron chi connectivity index (χ4n) is 3.21. The molecule has 0 bridgehead atoms. The van der Waals surface area contributed by atoms with E-state index in [9.17, 15) is 23.1 Å². The first kappa shape index (κ1) is 21.0. The van der Waals surface area contributed by atoms with Gasteiger partial charge in [-0.05, 0) is 24.1 Å². The Balaban J connectivity index is 2.07. The van der Waals surface area contributed by atoms with Gasteiger partial charge in [-0.3, -0.25) is 15.6 Å². The number of amides is 1. The van der Waals surface area contributed by atoms with E-state index in [2.05, 4.69) is 20.8 Å². The van der Waals surface area contributed by atoms with Crippen LogP contribution in [0.2, 0.25) is 0 Å². The number of rotatable bonds is 6. The molecule has 8 nitrogen and oxygen atoms in total. The third-order valence-electron chi connectivity index (χ3n) is 4.94. The van der Waals surface area contributed by atoms with Gasteiger partial charge in [0.2, 0.25) is 12.0 Å². The minimum atomic E-state index is -5.01. The zero-order valence-corrected chi connectivity index (χ0v) is 15.5. The van der Waals surface area contributed by atoms with Crippen LogP contribution < -0.4 is 21.9 Å². The van der Waals surface area contributed by atoms with Gasteiger partial charge in [0.25, 0.3) is 0 Å². The maximum absolute atomic E-state index is 13.6. The zero-order valence-electron chi connectivity index (χ0n) is 15.5. The fourth-order valence-corrected chi connectivity index (χ4v) is 3.21. The molecule has 1 saturated heterocycles. The Morgan fingerprint density at radius 2 is 2.03 bits per heavy atom. The van der Waals surface area contributed by atoms with Crippen LogP contribution in [0.25, 0.3) is 11.3 Å². The number of hydrazine groups is 1. The van der Waals surface area contributed by atoms with E-state index in [0.29, 0.717) is 35.6 Å². The second kappa shape index (κ2) is 7.93. The number of aliphatic hydroxyl groups is 1. The average molecular weight is 410 g/mol. The van der Waals surface area contributed by atoms with Gasteiger partial charge in [0.05, 0.1) is 24.1 Å². The molecule has 3 rings (SSSR count). The number of halogens is 3. The van der Waals surface area contributed by atoms with Crippen molar-refractivity contribution in [3.05, 3.63) is 41.2 Å². The number of aryl methyl sites for hydroxylation is 1. The predicted octanol–water partition coefficient (Wildman–Crippen LogP) is 0.722. The molecule has 1 aliphatic heterocycles. The average Bonchev–Trinajstić information content (AvgIpc) is 3.20. The number of benzene rings is 1. The van der Waals surface area contributed by atoms with E-state index in [-0.39, 0.29) is 18.1 Å². The van der Waals surface area contributed by atoms with E-state index in [1.54, 1.807) is 6.92 Å². The molecule has 11 heteroatoms. The highest BCUT2D eigenvalue weighted by molar-refractivity contribution is 5.65. The molecule has 2 aromatic rings. The molecule has 0 radical (unpaired) electrons. The van der Waals surface area contributed by atoms with E-state index in [4.69, 9.17) is 5.73 Å². The molecule has 29 heavy (non-hydrogen) atoms. The van der Waals surface area contributed by atoms with Crippen LogP contribution in [0.3, 0.4) is 0 Å². The lowest BCUT2D eigenvalue weighted by Gasteiger charge is -2.31. The minimum absolute atomic E-state index is 0.0326. The van der Waals surface area contributed by atoms with Gasteiger partial charge in [-0.15, -0.1) is 0 Å². The van der Waals surface area contributed by atoms with Crippen molar-refractivity contribution in [1.82, 2.24) is 26.1 Å². The number of anilines is 1. The molecule has 1 fully saturated rings.